The van der Waals surface area contributed by atoms with Crippen LogP contribution in [0.3, 0.4) is 0 Å². The van der Waals surface area contributed by atoms with Crippen LogP contribution in [0.2, 0.25) is 0 Å². The minimum Gasteiger partial charge on any atom is -0.374 e. The number of nitrogens with one attached hydrogen (secondary N) is 1. The lowest BCUT2D eigenvalue weighted by atomic mass is 9.89. The predicted octanol–water partition coefficient (Wildman–Crippen LogP) is 3.89. The normalized spacial score (nSPS) is 23.5. The molecule has 1 aromatic rings. The Morgan fingerprint density at radius 2 is 1.68 bits per heavy atom. The molecule has 2 heteroatoms. The standard InChI is InChI=1S/C17H27NO/c1-3-18-12-15-6-8-16(9-7-15)13-19-17-10-4-14(2)5-11-17/h6-9,14,17-18H,3-5,10-13H2,1-2H3. The monoisotopic (exact) mass is 261 g/mol. The summed E-state index contributed by atoms with van der Waals surface area (Å²) in [6.07, 6.45) is 5.61. The maximum atomic E-state index is 6.02. The first-order valence-electron chi connectivity index (χ1n) is 7.68. The van der Waals surface area contributed by atoms with Crippen molar-refractivity contribution in [3.05, 3.63) is 35.4 Å². The summed E-state index contributed by atoms with van der Waals surface area (Å²) in [6.45, 7) is 7.22. The van der Waals surface area contributed by atoms with Gasteiger partial charge in [-0.3, -0.25) is 0 Å². The second-order valence-corrected chi connectivity index (χ2v) is 5.79. The Morgan fingerprint density at radius 1 is 1.05 bits per heavy atom. The molecule has 0 heterocycles. The Labute approximate surface area is 117 Å². The first-order chi connectivity index (χ1) is 9.28. The summed E-state index contributed by atoms with van der Waals surface area (Å²) in [6, 6.07) is 8.78. The van der Waals surface area contributed by atoms with E-state index in [0.29, 0.717) is 6.10 Å². The molecule has 0 unspecified atom stereocenters. The SMILES string of the molecule is CCNCc1ccc(COC2CCC(C)CC2)cc1. The number of hydrogen-bond donors (Lipinski definition) is 1. The molecule has 0 radical (unpaired) electrons. The summed E-state index contributed by atoms with van der Waals surface area (Å²) in [4.78, 5) is 0. The van der Waals surface area contributed by atoms with Crippen molar-refractivity contribution < 1.29 is 4.74 Å². The highest BCUT2D eigenvalue weighted by Crippen LogP contribution is 2.26. The molecule has 1 aliphatic carbocycles. The lowest BCUT2D eigenvalue weighted by molar-refractivity contribution is 0.00877. The first-order valence-corrected chi connectivity index (χ1v) is 7.68. The molecule has 1 fully saturated rings. The molecule has 0 aromatic heterocycles. The molecular weight excluding hydrogens is 234 g/mol. The lowest BCUT2D eigenvalue weighted by Gasteiger charge is -2.26. The van der Waals surface area contributed by atoms with Crippen LogP contribution in [0.25, 0.3) is 0 Å². The highest BCUT2D eigenvalue weighted by Gasteiger charge is 2.18. The van der Waals surface area contributed by atoms with E-state index in [0.717, 1.165) is 25.6 Å². The van der Waals surface area contributed by atoms with Crippen LogP contribution in [0.4, 0.5) is 0 Å². The summed E-state index contributed by atoms with van der Waals surface area (Å²) in [7, 11) is 0. The topological polar surface area (TPSA) is 21.3 Å². The fourth-order valence-corrected chi connectivity index (χ4v) is 2.63. The van der Waals surface area contributed by atoms with Crippen LogP contribution in [-0.4, -0.2) is 12.6 Å². The highest BCUT2D eigenvalue weighted by molar-refractivity contribution is 5.21. The van der Waals surface area contributed by atoms with E-state index in [-0.39, 0.29) is 0 Å². The molecule has 1 aromatic carbocycles. The lowest BCUT2D eigenvalue weighted by Crippen LogP contribution is -2.20. The largest absolute Gasteiger partial charge is 0.374 e. The van der Waals surface area contributed by atoms with Gasteiger partial charge in [-0.15, -0.1) is 0 Å². The molecule has 1 aliphatic rings. The third-order valence-electron chi connectivity index (χ3n) is 4.05. The summed E-state index contributed by atoms with van der Waals surface area (Å²) >= 11 is 0. The third kappa shape index (κ3) is 4.96. The summed E-state index contributed by atoms with van der Waals surface area (Å²) in [5.41, 5.74) is 2.64. The molecule has 0 atom stereocenters. The Hall–Kier alpha value is -0.860. The summed E-state index contributed by atoms with van der Waals surface area (Å²) in [5.74, 6) is 0.894. The van der Waals surface area contributed by atoms with Gasteiger partial charge in [0.25, 0.3) is 0 Å². The Bertz CT molecular complexity index is 352. The molecule has 0 aliphatic heterocycles. The van der Waals surface area contributed by atoms with Crippen LogP contribution in [0.15, 0.2) is 24.3 Å². The molecule has 19 heavy (non-hydrogen) atoms. The van der Waals surface area contributed by atoms with Crippen LogP contribution >= 0.6 is 0 Å². The fraction of sp³-hybridized carbons (Fsp3) is 0.647. The maximum Gasteiger partial charge on any atom is 0.0720 e. The molecule has 0 bridgehead atoms. The number of benzene rings is 1. The van der Waals surface area contributed by atoms with E-state index in [1.54, 1.807) is 0 Å². The van der Waals surface area contributed by atoms with Crippen molar-refractivity contribution in [3.63, 3.8) is 0 Å². The van der Waals surface area contributed by atoms with E-state index in [4.69, 9.17) is 4.74 Å². The van der Waals surface area contributed by atoms with E-state index < -0.39 is 0 Å². The molecule has 1 N–H and O–H groups in total. The summed E-state index contributed by atoms with van der Waals surface area (Å²) in [5, 5.41) is 3.34. The van der Waals surface area contributed by atoms with Crippen LogP contribution in [0.1, 0.15) is 50.7 Å². The van der Waals surface area contributed by atoms with Crippen molar-refractivity contribution in [2.24, 2.45) is 5.92 Å². The maximum absolute atomic E-state index is 6.02. The molecular formula is C17H27NO. The molecule has 0 saturated heterocycles. The van der Waals surface area contributed by atoms with Gasteiger partial charge in [0.2, 0.25) is 0 Å². The van der Waals surface area contributed by atoms with Crippen molar-refractivity contribution in [2.45, 2.75) is 58.8 Å². The molecule has 106 valence electrons. The van der Waals surface area contributed by atoms with Crippen LogP contribution in [-0.2, 0) is 17.9 Å². The highest BCUT2D eigenvalue weighted by atomic mass is 16.5. The second-order valence-electron chi connectivity index (χ2n) is 5.79. The van der Waals surface area contributed by atoms with Crippen molar-refractivity contribution >= 4 is 0 Å². The van der Waals surface area contributed by atoms with Crippen LogP contribution in [0, 0.1) is 5.92 Å². The van der Waals surface area contributed by atoms with E-state index in [1.165, 1.54) is 36.8 Å². The fourth-order valence-electron chi connectivity index (χ4n) is 2.63. The molecule has 0 amide bonds. The second kappa shape index (κ2) is 7.66. The number of rotatable bonds is 6. The Morgan fingerprint density at radius 3 is 2.32 bits per heavy atom. The van der Waals surface area contributed by atoms with Gasteiger partial charge >= 0.3 is 0 Å². The minimum atomic E-state index is 0.484. The smallest absolute Gasteiger partial charge is 0.0720 e. The van der Waals surface area contributed by atoms with E-state index in [2.05, 4.69) is 43.4 Å². The zero-order valence-corrected chi connectivity index (χ0v) is 12.3. The van der Waals surface area contributed by atoms with Crippen LogP contribution < -0.4 is 5.32 Å². The average Bonchev–Trinajstić information content (AvgIpc) is 2.46. The van der Waals surface area contributed by atoms with Gasteiger partial charge in [0.1, 0.15) is 0 Å². The Kier molecular flexibility index (Phi) is 5.87. The van der Waals surface area contributed by atoms with Crippen molar-refractivity contribution in [1.82, 2.24) is 5.32 Å². The van der Waals surface area contributed by atoms with Gasteiger partial charge < -0.3 is 10.1 Å². The van der Waals surface area contributed by atoms with Gasteiger partial charge in [0, 0.05) is 6.54 Å². The predicted molar refractivity (Wildman–Crippen MR) is 80.0 cm³/mol. The minimum absolute atomic E-state index is 0.484. The van der Waals surface area contributed by atoms with Gasteiger partial charge in [-0.2, -0.15) is 0 Å². The molecule has 2 nitrogen and oxygen atoms in total. The van der Waals surface area contributed by atoms with Crippen molar-refractivity contribution in [3.8, 4) is 0 Å². The van der Waals surface area contributed by atoms with E-state index in [9.17, 15) is 0 Å². The molecule has 1 saturated carbocycles. The average molecular weight is 261 g/mol. The zero-order chi connectivity index (χ0) is 13.5. The van der Waals surface area contributed by atoms with Crippen LogP contribution in [0.5, 0.6) is 0 Å². The number of hydrogen-bond acceptors (Lipinski definition) is 2. The summed E-state index contributed by atoms with van der Waals surface area (Å²) < 4.78 is 6.02. The van der Waals surface area contributed by atoms with E-state index >= 15 is 0 Å². The molecule has 0 spiro atoms. The van der Waals surface area contributed by atoms with Gasteiger partial charge in [-0.25, -0.2) is 0 Å². The van der Waals surface area contributed by atoms with Gasteiger partial charge in [0.05, 0.1) is 12.7 Å². The van der Waals surface area contributed by atoms with E-state index in [1.807, 2.05) is 0 Å². The molecule has 2 rings (SSSR count). The van der Waals surface area contributed by atoms with Crippen molar-refractivity contribution in [2.75, 3.05) is 6.54 Å². The quantitative estimate of drug-likeness (QED) is 0.838. The van der Waals surface area contributed by atoms with Gasteiger partial charge in [-0.1, -0.05) is 38.1 Å². The number of ether oxygens (including phenoxy) is 1. The first kappa shape index (κ1) is 14.5. The third-order valence-corrected chi connectivity index (χ3v) is 4.05. The zero-order valence-electron chi connectivity index (χ0n) is 12.3. The van der Waals surface area contributed by atoms with Gasteiger partial charge in [-0.05, 0) is 49.3 Å². The van der Waals surface area contributed by atoms with Crippen molar-refractivity contribution in [1.29, 1.82) is 0 Å². The van der Waals surface area contributed by atoms with Gasteiger partial charge in [0.15, 0.2) is 0 Å². The Balaban J connectivity index is 1.73.